The molecule has 0 aliphatic heterocycles. The van der Waals surface area contributed by atoms with Crippen molar-refractivity contribution >= 4 is 6.08 Å². The summed E-state index contributed by atoms with van der Waals surface area (Å²) in [5.41, 5.74) is 3.69. The summed E-state index contributed by atoms with van der Waals surface area (Å²) < 4.78 is 11.6. The van der Waals surface area contributed by atoms with Crippen LogP contribution in [-0.4, -0.2) is 32.1 Å². The van der Waals surface area contributed by atoms with Crippen LogP contribution in [0, 0.1) is 0 Å². The Labute approximate surface area is 180 Å². The molecule has 3 rings (SSSR count). The van der Waals surface area contributed by atoms with Gasteiger partial charge in [0.25, 0.3) is 0 Å². The Morgan fingerprint density at radius 1 is 0.733 bits per heavy atom. The lowest BCUT2D eigenvalue weighted by molar-refractivity contribution is 0.261. The zero-order valence-corrected chi connectivity index (χ0v) is 18.0. The van der Waals surface area contributed by atoms with Crippen LogP contribution < -0.4 is 9.47 Å². The molecule has 0 amide bonds. The standard InChI is InChI=1S/C27H31NO2/c1-28(2)20-21-29-26-16-12-23(13-17-26)8-6-7-9-24-14-18-27(19-15-24)30-22-25-10-4-3-5-11-25/h3-6,8,10-19H,7,9,20-22H2,1-2H3. The Bertz CT molecular complexity index is 884. The first-order chi connectivity index (χ1) is 14.7. The van der Waals surface area contributed by atoms with Crippen LogP contribution in [0.3, 0.4) is 0 Å². The van der Waals surface area contributed by atoms with Gasteiger partial charge in [-0.25, -0.2) is 0 Å². The van der Waals surface area contributed by atoms with Crippen LogP contribution in [0.2, 0.25) is 0 Å². The highest BCUT2D eigenvalue weighted by Crippen LogP contribution is 2.16. The maximum Gasteiger partial charge on any atom is 0.119 e. The van der Waals surface area contributed by atoms with Crippen molar-refractivity contribution in [1.82, 2.24) is 4.90 Å². The molecule has 0 bridgehead atoms. The number of allylic oxidation sites excluding steroid dienone is 1. The summed E-state index contributed by atoms with van der Waals surface area (Å²) in [6, 6.07) is 26.9. The van der Waals surface area contributed by atoms with Gasteiger partial charge in [-0.2, -0.15) is 0 Å². The molecule has 0 N–H and O–H groups in total. The quantitative estimate of drug-likeness (QED) is 0.402. The second-order valence-corrected chi connectivity index (χ2v) is 7.58. The highest BCUT2D eigenvalue weighted by Gasteiger charge is 1.98. The first-order valence-electron chi connectivity index (χ1n) is 10.5. The Kier molecular flexibility index (Phi) is 8.55. The predicted octanol–water partition coefficient (Wildman–Crippen LogP) is 5.85. The van der Waals surface area contributed by atoms with E-state index in [1.807, 2.05) is 44.4 Å². The maximum absolute atomic E-state index is 5.85. The van der Waals surface area contributed by atoms with E-state index in [4.69, 9.17) is 9.47 Å². The first kappa shape index (κ1) is 21.7. The van der Waals surface area contributed by atoms with Crippen molar-refractivity contribution < 1.29 is 9.47 Å². The largest absolute Gasteiger partial charge is 0.492 e. The SMILES string of the molecule is CN(C)CCOc1ccc(C=CCCc2ccc(OCc3ccccc3)cc2)cc1. The lowest BCUT2D eigenvalue weighted by Crippen LogP contribution is -2.19. The van der Waals surface area contributed by atoms with Crippen LogP contribution in [0.5, 0.6) is 11.5 Å². The average molecular weight is 402 g/mol. The molecule has 0 heterocycles. The van der Waals surface area contributed by atoms with Gasteiger partial charge < -0.3 is 14.4 Å². The number of benzene rings is 3. The molecular formula is C27H31NO2. The fourth-order valence-electron chi connectivity index (χ4n) is 2.98. The third-order valence-corrected chi connectivity index (χ3v) is 4.77. The van der Waals surface area contributed by atoms with Crippen LogP contribution in [-0.2, 0) is 13.0 Å². The number of rotatable bonds is 11. The van der Waals surface area contributed by atoms with Gasteiger partial charge in [-0.15, -0.1) is 0 Å². The molecule has 30 heavy (non-hydrogen) atoms. The van der Waals surface area contributed by atoms with Crippen LogP contribution in [0.15, 0.2) is 84.9 Å². The van der Waals surface area contributed by atoms with Crippen LogP contribution in [0.4, 0.5) is 0 Å². The van der Waals surface area contributed by atoms with Gasteiger partial charge in [0.15, 0.2) is 0 Å². The smallest absolute Gasteiger partial charge is 0.119 e. The number of aryl methyl sites for hydroxylation is 1. The number of hydrogen-bond donors (Lipinski definition) is 0. The van der Waals surface area contributed by atoms with Gasteiger partial charge >= 0.3 is 0 Å². The Hall–Kier alpha value is -3.04. The zero-order valence-electron chi connectivity index (χ0n) is 18.0. The molecule has 0 spiro atoms. The minimum absolute atomic E-state index is 0.600. The van der Waals surface area contributed by atoms with Gasteiger partial charge in [0.2, 0.25) is 0 Å². The number of ether oxygens (including phenoxy) is 2. The molecule has 3 aromatic rings. The van der Waals surface area contributed by atoms with Gasteiger partial charge in [0.1, 0.15) is 24.7 Å². The second-order valence-electron chi connectivity index (χ2n) is 7.58. The maximum atomic E-state index is 5.85. The van der Waals surface area contributed by atoms with Crippen molar-refractivity contribution in [3.8, 4) is 11.5 Å². The molecule has 0 atom stereocenters. The molecule has 3 heteroatoms. The van der Waals surface area contributed by atoms with E-state index in [0.29, 0.717) is 13.2 Å². The molecule has 0 fully saturated rings. The fourth-order valence-corrected chi connectivity index (χ4v) is 2.98. The minimum Gasteiger partial charge on any atom is -0.492 e. The van der Waals surface area contributed by atoms with Crippen molar-refractivity contribution in [2.45, 2.75) is 19.4 Å². The number of hydrogen-bond acceptors (Lipinski definition) is 3. The molecule has 0 saturated heterocycles. The minimum atomic E-state index is 0.600. The van der Waals surface area contributed by atoms with Crippen molar-refractivity contribution in [2.75, 3.05) is 27.2 Å². The summed E-state index contributed by atoms with van der Waals surface area (Å²) in [5.74, 6) is 1.83. The molecule has 0 saturated carbocycles. The lowest BCUT2D eigenvalue weighted by Gasteiger charge is -2.10. The second kappa shape index (κ2) is 11.8. The Morgan fingerprint density at radius 2 is 1.40 bits per heavy atom. The highest BCUT2D eigenvalue weighted by molar-refractivity contribution is 5.50. The molecule has 0 aliphatic rings. The van der Waals surface area contributed by atoms with E-state index in [9.17, 15) is 0 Å². The van der Waals surface area contributed by atoms with Crippen molar-refractivity contribution in [3.05, 3.63) is 102 Å². The van der Waals surface area contributed by atoms with Gasteiger partial charge in [-0.3, -0.25) is 0 Å². The summed E-state index contributed by atoms with van der Waals surface area (Å²) in [4.78, 5) is 2.11. The third-order valence-electron chi connectivity index (χ3n) is 4.77. The highest BCUT2D eigenvalue weighted by atomic mass is 16.5. The molecule has 156 valence electrons. The van der Waals surface area contributed by atoms with Crippen LogP contribution in [0.25, 0.3) is 6.08 Å². The topological polar surface area (TPSA) is 21.7 Å². The average Bonchev–Trinajstić information content (AvgIpc) is 2.77. The van der Waals surface area contributed by atoms with E-state index < -0.39 is 0 Å². The number of nitrogens with zero attached hydrogens (tertiary/aromatic N) is 1. The van der Waals surface area contributed by atoms with Crippen LogP contribution in [0.1, 0.15) is 23.1 Å². The monoisotopic (exact) mass is 401 g/mol. The Balaban J connectivity index is 1.38. The predicted molar refractivity (Wildman–Crippen MR) is 125 cm³/mol. The van der Waals surface area contributed by atoms with Gasteiger partial charge in [0, 0.05) is 6.54 Å². The van der Waals surface area contributed by atoms with Crippen LogP contribution >= 0.6 is 0 Å². The van der Waals surface area contributed by atoms with E-state index in [0.717, 1.165) is 30.9 Å². The van der Waals surface area contributed by atoms with Crippen molar-refractivity contribution in [2.24, 2.45) is 0 Å². The summed E-state index contributed by atoms with van der Waals surface area (Å²) in [5, 5.41) is 0. The van der Waals surface area contributed by atoms with Crippen molar-refractivity contribution in [1.29, 1.82) is 0 Å². The van der Waals surface area contributed by atoms with E-state index in [2.05, 4.69) is 65.6 Å². The zero-order chi connectivity index (χ0) is 21.0. The summed E-state index contributed by atoms with van der Waals surface area (Å²) in [6.45, 7) is 2.22. The first-order valence-corrected chi connectivity index (χ1v) is 10.5. The lowest BCUT2D eigenvalue weighted by atomic mass is 10.1. The molecule has 0 aromatic heterocycles. The molecule has 0 radical (unpaired) electrons. The van der Waals surface area contributed by atoms with Gasteiger partial charge in [0.05, 0.1) is 0 Å². The summed E-state index contributed by atoms with van der Waals surface area (Å²) in [7, 11) is 4.09. The summed E-state index contributed by atoms with van der Waals surface area (Å²) in [6.07, 6.45) is 6.41. The molecule has 0 aliphatic carbocycles. The molecule has 0 unspecified atom stereocenters. The summed E-state index contributed by atoms with van der Waals surface area (Å²) >= 11 is 0. The van der Waals surface area contributed by atoms with Gasteiger partial charge in [-0.05, 0) is 67.9 Å². The van der Waals surface area contributed by atoms with Crippen molar-refractivity contribution in [3.63, 3.8) is 0 Å². The van der Waals surface area contributed by atoms with E-state index in [-0.39, 0.29) is 0 Å². The third kappa shape index (κ3) is 7.76. The van der Waals surface area contributed by atoms with Gasteiger partial charge in [-0.1, -0.05) is 66.7 Å². The number of likely N-dealkylation sites (N-methyl/N-ethyl adjacent to an activating group) is 1. The van der Waals surface area contributed by atoms with E-state index in [1.54, 1.807) is 0 Å². The normalized spacial score (nSPS) is 11.2. The molecular weight excluding hydrogens is 370 g/mol. The fraction of sp³-hybridized carbons (Fsp3) is 0.259. The van der Waals surface area contributed by atoms with E-state index in [1.165, 1.54) is 16.7 Å². The Morgan fingerprint density at radius 3 is 2.10 bits per heavy atom. The van der Waals surface area contributed by atoms with E-state index >= 15 is 0 Å². The molecule has 3 nitrogen and oxygen atoms in total. The molecule has 3 aromatic carbocycles.